The van der Waals surface area contributed by atoms with E-state index in [1.165, 1.54) is 5.69 Å². The van der Waals surface area contributed by atoms with Gasteiger partial charge in [0.25, 0.3) is 0 Å². The summed E-state index contributed by atoms with van der Waals surface area (Å²) in [7, 11) is 0. The summed E-state index contributed by atoms with van der Waals surface area (Å²) in [4.78, 5) is 6.52. The Kier molecular flexibility index (Phi) is 2.98. The van der Waals surface area contributed by atoms with Crippen LogP contribution in [0.2, 0.25) is 0 Å². The molecule has 0 radical (unpaired) electrons. The number of piperazine rings is 1. The number of halogens is 1. The lowest BCUT2D eigenvalue weighted by molar-refractivity contribution is 0.380. The maximum absolute atomic E-state index is 4.10. The van der Waals surface area contributed by atoms with Crippen LogP contribution in [-0.4, -0.2) is 30.2 Å². The molecule has 1 aromatic rings. The number of anilines is 1. The van der Waals surface area contributed by atoms with E-state index >= 15 is 0 Å². The van der Waals surface area contributed by atoms with E-state index in [1.807, 2.05) is 12.4 Å². The van der Waals surface area contributed by atoms with E-state index in [4.69, 9.17) is 0 Å². The molecule has 82 valence electrons. The molecule has 1 aliphatic rings. The van der Waals surface area contributed by atoms with Gasteiger partial charge in [0.2, 0.25) is 0 Å². The van der Waals surface area contributed by atoms with Crippen LogP contribution in [0.4, 0.5) is 5.69 Å². The smallest absolute Gasteiger partial charge is 0.0592 e. The van der Waals surface area contributed by atoms with Gasteiger partial charge in [0.1, 0.15) is 0 Å². The SMILES string of the molecule is CC1(C)CNCCN1c1ccncc1Br. The number of hydrogen-bond donors (Lipinski definition) is 1. The second-order valence-corrected chi connectivity index (χ2v) is 5.32. The molecule has 0 bridgehead atoms. The maximum Gasteiger partial charge on any atom is 0.0592 e. The molecule has 15 heavy (non-hydrogen) atoms. The Balaban J connectivity index is 2.33. The summed E-state index contributed by atoms with van der Waals surface area (Å²) in [5, 5.41) is 3.42. The average Bonchev–Trinajstić information content (AvgIpc) is 2.19. The third kappa shape index (κ3) is 2.16. The van der Waals surface area contributed by atoms with Crippen molar-refractivity contribution >= 4 is 21.6 Å². The monoisotopic (exact) mass is 269 g/mol. The van der Waals surface area contributed by atoms with Gasteiger partial charge in [0.05, 0.1) is 10.2 Å². The summed E-state index contributed by atoms with van der Waals surface area (Å²) in [6.45, 7) is 7.60. The topological polar surface area (TPSA) is 28.2 Å². The zero-order chi connectivity index (χ0) is 10.9. The van der Waals surface area contributed by atoms with E-state index in [0.717, 1.165) is 24.1 Å². The normalized spacial score (nSPS) is 20.3. The van der Waals surface area contributed by atoms with Gasteiger partial charge in [-0.3, -0.25) is 4.98 Å². The Morgan fingerprint density at radius 3 is 3.00 bits per heavy atom. The van der Waals surface area contributed by atoms with Crippen LogP contribution in [0.5, 0.6) is 0 Å². The minimum atomic E-state index is 0.155. The van der Waals surface area contributed by atoms with Crippen molar-refractivity contribution < 1.29 is 0 Å². The highest BCUT2D eigenvalue weighted by atomic mass is 79.9. The molecule has 0 atom stereocenters. The van der Waals surface area contributed by atoms with Gasteiger partial charge in [0, 0.05) is 37.6 Å². The van der Waals surface area contributed by atoms with Gasteiger partial charge in [-0.25, -0.2) is 0 Å². The van der Waals surface area contributed by atoms with Crippen LogP contribution in [0.3, 0.4) is 0 Å². The number of nitrogens with zero attached hydrogens (tertiary/aromatic N) is 2. The van der Waals surface area contributed by atoms with E-state index in [-0.39, 0.29) is 5.54 Å². The van der Waals surface area contributed by atoms with Crippen LogP contribution in [0, 0.1) is 0 Å². The minimum absolute atomic E-state index is 0.155. The maximum atomic E-state index is 4.10. The molecule has 0 aliphatic carbocycles. The summed E-state index contributed by atoms with van der Waals surface area (Å²) in [6, 6.07) is 2.07. The van der Waals surface area contributed by atoms with Crippen LogP contribution < -0.4 is 10.2 Å². The first-order valence-electron chi connectivity index (χ1n) is 5.19. The quantitative estimate of drug-likeness (QED) is 0.846. The minimum Gasteiger partial charge on any atom is -0.363 e. The summed E-state index contributed by atoms with van der Waals surface area (Å²) < 4.78 is 1.07. The zero-order valence-electron chi connectivity index (χ0n) is 9.13. The van der Waals surface area contributed by atoms with Crippen LogP contribution in [0.15, 0.2) is 22.9 Å². The lowest BCUT2D eigenvalue weighted by Crippen LogP contribution is -2.58. The van der Waals surface area contributed by atoms with Gasteiger partial charge in [-0.15, -0.1) is 0 Å². The first-order chi connectivity index (χ1) is 7.11. The Morgan fingerprint density at radius 1 is 1.53 bits per heavy atom. The first-order valence-corrected chi connectivity index (χ1v) is 5.98. The fraction of sp³-hybridized carbons (Fsp3) is 0.545. The van der Waals surface area contributed by atoms with Crippen molar-refractivity contribution in [1.29, 1.82) is 0 Å². The number of nitrogens with one attached hydrogen (secondary N) is 1. The fourth-order valence-electron chi connectivity index (χ4n) is 2.02. The highest BCUT2D eigenvalue weighted by molar-refractivity contribution is 9.10. The molecule has 2 heterocycles. The molecule has 0 amide bonds. The van der Waals surface area contributed by atoms with Crippen molar-refractivity contribution in [3.05, 3.63) is 22.9 Å². The second-order valence-electron chi connectivity index (χ2n) is 4.47. The van der Waals surface area contributed by atoms with Crippen molar-refractivity contribution in [2.75, 3.05) is 24.5 Å². The molecule has 4 heteroatoms. The Bertz CT molecular complexity index is 351. The molecule has 0 unspecified atom stereocenters. The van der Waals surface area contributed by atoms with Crippen molar-refractivity contribution in [2.45, 2.75) is 19.4 Å². The predicted octanol–water partition coefficient (Wildman–Crippen LogP) is 2.03. The number of hydrogen-bond acceptors (Lipinski definition) is 3. The lowest BCUT2D eigenvalue weighted by Gasteiger charge is -2.44. The summed E-state index contributed by atoms with van der Waals surface area (Å²) in [5.41, 5.74) is 1.39. The Hall–Kier alpha value is -0.610. The van der Waals surface area contributed by atoms with Crippen LogP contribution >= 0.6 is 15.9 Å². The van der Waals surface area contributed by atoms with Gasteiger partial charge < -0.3 is 10.2 Å². The second kappa shape index (κ2) is 4.10. The van der Waals surface area contributed by atoms with Gasteiger partial charge in [-0.2, -0.15) is 0 Å². The molecule has 1 aromatic heterocycles. The molecule has 0 spiro atoms. The first kappa shape index (κ1) is 10.9. The van der Waals surface area contributed by atoms with Crippen LogP contribution in [-0.2, 0) is 0 Å². The van der Waals surface area contributed by atoms with Gasteiger partial charge in [-0.1, -0.05) is 0 Å². The highest BCUT2D eigenvalue weighted by Crippen LogP contribution is 2.30. The Morgan fingerprint density at radius 2 is 2.33 bits per heavy atom. The van der Waals surface area contributed by atoms with Crippen LogP contribution in [0.1, 0.15) is 13.8 Å². The van der Waals surface area contributed by atoms with E-state index in [2.05, 4.69) is 51.0 Å². The summed E-state index contributed by atoms with van der Waals surface area (Å²) >= 11 is 3.56. The standard InChI is InChI=1S/C11H16BrN3/c1-11(2)8-14-5-6-15(11)10-3-4-13-7-9(10)12/h3-4,7,14H,5-6,8H2,1-2H3. The molecule has 3 nitrogen and oxygen atoms in total. The van der Waals surface area contributed by atoms with Gasteiger partial charge in [-0.05, 0) is 35.8 Å². The number of rotatable bonds is 1. The van der Waals surface area contributed by atoms with Gasteiger partial charge in [0.15, 0.2) is 0 Å². The third-order valence-electron chi connectivity index (χ3n) is 2.84. The molecule has 1 fully saturated rings. The van der Waals surface area contributed by atoms with E-state index in [1.54, 1.807) is 0 Å². The zero-order valence-corrected chi connectivity index (χ0v) is 10.7. The molecule has 1 N–H and O–H groups in total. The largest absolute Gasteiger partial charge is 0.363 e. The molecule has 0 saturated carbocycles. The molecule has 0 aromatic carbocycles. The molecular weight excluding hydrogens is 254 g/mol. The molecule has 1 aliphatic heterocycles. The van der Waals surface area contributed by atoms with Crippen LogP contribution in [0.25, 0.3) is 0 Å². The van der Waals surface area contributed by atoms with E-state index < -0.39 is 0 Å². The average molecular weight is 270 g/mol. The summed E-state index contributed by atoms with van der Waals surface area (Å²) in [5.74, 6) is 0. The highest BCUT2D eigenvalue weighted by Gasteiger charge is 2.30. The molecular formula is C11H16BrN3. The molecule has 1 saturated heterocycles. The van der Waals surface area contributed by atoms with Gasteiger partial charge >= 0.3 is 0 Å². The molecule has 2 rings (SSSR count). The summed E-state index contributed by atoms with van der Waals surface area (Å²) in [6.07, 6.45) is 3.70. The fourth-order valence-corrected chi connectivity index (χ4v) is 2.48. The van der Waals surface area contributed by atoms with Crippen molar-refractivity contribution in [3.63, 3.8) is 0 Å². The lowest BCUT2D eigenvalue weighted by atomic mass is 9.99. The predicted molar refractivity (Wildman–Crippen MR) is 66.2 cm³/mol. The van der Waals surface area contributed by atoms with Crippen molar-refractivity contribution in [1.82, 2.24) is 10.3 Å². The van der Waals surface area contributed by atoms with E-state index in [9.17, 15) is 0 Å². The van der Waals surface area contributed by atoms with E-state index in [0.29, 0.717) is 0 Å². The van der Waals surface area contributed by atoms with Crippen molar-refractivity contribution in [3.8, 4) is 0 Å². The third-order valence-corrected chi connectivity index (χ3v) is 3.45. The number of pyridine rings is 1. The van der Waals surface area contributed by atoms with Crippen molar-refractivity contribution in [2.24, 2.45) is 0 Å². The Labute approximate surface area is 99.0 Å². The number of aromatic nitrogens is 1.